The molecule has 5 nitrogen and oxygen atoms in total. The van der Waals surface area contributed by atoms with E-state index in [1.807, 2.05) is 48.5 Å². The third-order valence-corrected chi connectivity index (χ3v) is 5.39. The van der Waals surface area contributed by atoms with Gasteiger partial charge in [0.1, 0.15) is 12.4 Å². The first kappa shape index (κ1) is 18.4. The van der Waals surface area contributed by atoms with Gasteiger partial charge in [0.2, 0.25) is 5.91 Å². The van der Waals surface area contributed by atoms with Crippen molar-refractivity contribution in [1.29, 1.82) is 0 Å². The molecule has 0 spiro atoms. The molecule has 1 N–H and O–H groups in total. The molecule has 0 fully saturated rings. The molecule has 2 aliphatic rings. The molecule has 1 aliphatic heterocycles. The molecule has 144 valence electrons. The molecule has 0 aromatic heterocycles. The van der Waals surface area contributed by atoms with E-state index in [9.17, 15) is 14.7 Å². The minimum atomic E-state index is -0.0652. The molecular formula is C23H23NO4. The maximum Gasteiger partial charge on any atom is 0.227 e. The van der Waals surface area contributed by atoms with Crippen molar-refractivity contribution in [2.24, 2.45) is 0 Å². The van der Waals surface area contributed by atoms with E-state index < -0.39 is 0 Å². The molecule has 2 aromatic rings. The highest BCUT2D eigenvalue weighted by Gasteiger charge is 2.28. The molecule has 28 heavy (non-hydrogen) atoms. The van der Waals surface area contributed by atoms with Crippen molar-refractivity contribution in [3.8, 4) is 5.75 Å². The second-order valence-corrected chi connectivity index (χ2v) is 7.19. The van der Waals surface area contributed by atoms with Crippen molar-refractivity contribution in [3.05, 3.63) is 70.8 Å². The van der Waals surface area contributed by atoms with Crippen LogP contribution in [0.25, 0.3) is 5.57 Å². The third kappa shape index (κ3) is 3.71. The summed E-state index contributed by atoms with van der Waals surface area (Å²) >= 11 is 0. The van der Waals surface area contributed by atoms with Crippen LogP contribution >= 0.6 is 0 Å². The summed E-state index contributed by atoms with van der Waals surface area (Å²) in [5.41, 5.74) is 4.33. The number of rotatable bonds is 4. The second kappa shape index (κ2) is 7.98. The zero-order valence-corrected chi connectivity index (χ0v) is 15.7. The van der Waals surface area contributed by atoms with Gasteiger partial charge in [0, 0.05) is 24.1 Å². The summed E-state index contributed by atoms with van der Waals surface area (Å²) in [4.78, 5) is 27.2. The SMILES string of the molecule is O=C1CCC(c2ccccc2)=C1CC(=O)N1CCOc2ccc(CO)cc2C1. The van der Waals surface area contributed by atoms with Crippen LogP contribution in [-0.2, 0) is 22.7 Å². The number of carbonyl (C=O) groups is 2. The molecule has 0 unspecified atom stereocenters. The van der Waals surface area contributed by atoms with Gasteiger partial charge in [-0.2, -0.15) is 0 Å². The molecule has 1 heterocycles. The van der Waals surface area contributed by atoms with Gasteiger partial charge in [0.05, 0.1) is 19.6 Å². The van der Waals surface area contributed by atoms with E-state index in [4.69, 9.17) is 4.74 Å². The van der Waals surface area contributed by atoms with E-state index in [1.165, 1.54) is 0 Å². The van der Waals surface area contributed by atoms with Gasteiger partial charge < -0.3 is 14.7 Å². The molecule has 0 saturated carbocycles. The number of hydrogen-bond donors (Lipinski definition) is 1. The van der Waals surface area contributed by atoms with E-state index in [1.54, 1.807) is 4.90 Å². The maximum absolute atomic E-state index is 13.0. The average Bonchev–Trinajstić information content (AvgIpc) is 2.95. The molecule has 5 heteroatoms. The fourth-order valence-corrected chi connectivity index (χ4v) is 3.89. The van der Waals surface area contributed by atoms with E-state index in [2.05, 4.69) is 0 Å². The highest BCUT2D eigenvalue weighted by atomic mass is 16.5. The summed E-state index contributed by atoms with van der Waals surface area (Å²) in [5, 5.41) is 9.38. The topological polar surface area (TPSA) is 66.8 Å². The summed E-state index contributed by atoms with van der Waals surface area (Å²) in [5.74, 6) is 0.749. The maximum atomic E-state index is 13.0. The Kier molecular flexibility index (Phi) is 5.26. The van der Waals surface area contributed by atoms with Crippen molar-refractivity contribution in [2.45, 2.75) is 32.4 Å². The molecule has 0 bridgehead atoms. The van der Waals surface area contributed by atoms with E-state index in [0.29, 0.717) is 38.1 Å². The number of fused-ring (bicyclic) bond motifs is 1. The number of benzene rings is 2. The molecule has 0 saturated heterocycles. The quantitative estimate of drug-likeness (QED) is 0.889. The van der Waals surface area contributed by atoms with Crippen LogP contribution in [0, 0.1) is 0 Å². The Morgan fingerprint density at radius 3 is 2.71 bits per heavy atom. The van der Waals surface area contributed by atoms with Crippen molar-refractivity contribution >= 4 is 17.3 Å². The van der Waals surface area contributed by atoms with Gasteiger partial charge in [-0.05, 0) is 35.3 Å². The average molecular weight is 377 g/mol. The zero-order valence-electron chi connectivity index (χ0n) is 15.7. The summed E-state index contributed by atoms with van der Waals surface area (Å²) in [6, 6.07) is 15.4. The highest BCUT2D eigenvalue weighted by molar-refractivity contribution is 6.10. The van der Waals surface area contributed by atoms with Crippen LogP contribution in [0.1, 0.15) is 36.0 Å². The Morgan fingerprint density at radius 1 is 1.11 bits per heavy atom. The first-order valence-electron chi connectivity index (χ1n) is 9.59. The largest absolute Gasteiger partial charge is 0.491 e. The Morgan fingerprint density at radius 2 is 1.93 bits per heavy atom. The van der Waals surface area contributed by atoms with Crippen molar-refractivity contribution in [1.82, 2.24) is 4.90 Å². The smallest absolute Gasteiger partial charge is 0.227 e. The minimum absolute atomic E-state index is 0.0525. The number of aliphatic hydroxyl groups is 1. The number of ketones is 1. The standard InChI is InChI=1S/C23H23NO4/c25-15-16-6-9-22-18(12-16)14-24(10-11-28-22)23(27)13-20-19(7-8-21(20)26)17-4-2-1-3-5-17/h1-6,9,12,25H,7-8,10-11,13-15H2. The third-order valence-electron chi connectivity index (χ3n) is 5.39. The first-order valence-corrected chi connectivity index (χ1v) is 9.59. The van der Waals surface area contributed by atoms with Crippen molar-refractivity contribution in [3.63, 3.8) is 0 Å². The number of amides is 1. The number of carbonyl (C=O) groups excluding carboxylic acids is 2. The number of nitrogens with zero attached hydrogens (tertiary/aromatic N) is 1. The fourth-order valence-electron chi connectivity index (χ4n) is 3.89. The van der Waals surface area contributed by atoms with E-state index in [-0.39, 0.29) is 24.7 Å². The van der Waals surface area contributed by atoms with Gasteiger partial charge >= 0.3 is 0 Å². The molecule has 4 rings (SSSR count). The van der Waals surface area contributed by atoms with Gasteiger partial charge in [-0.1, -0.05) is 36.4 Å². The first-order chi connectivity index (χ1) is 13.7. The number of Topliss-reactive ketones (excluding diaryl/α,β-unsaturated/α-hetero) is 1. The second-order valence-electron chi connectivity index (χ2n) is 7.19. The monoisotopic (exact) mass is 377 g/mol. The number of allylic oxidation sites excluding steroid dienone is 1. The Bertz CT molecular complexity index is 933. The fraction of sp³-hybridized carbons (Fsp3) is 0.304. The van der Waals surface area contributed by atoms with E-state index >= 15 is 0 Å². The lowest BCUT2D eigenvalue weighted by molar-refractivity contribution is -0.132. The van der Waals surface area contributed by atoms with E-state index in [0.717, 1.165) is 28.0 Å². The molecule has 0 atom stereocenters. The lowest BCUT2D eigenvalue weighted by Crippen LogP contribution is -2.33. The van der Waals surface area contributed by atoms with Gasteiger partial charge in [-0.3, -0.25) is 9.59 Å². The summed E-state index contributed by atoms with van der Waals surface area (Å²) in [7, 11) is 0. The predicted octanol–water partition coefficient (Wildman–Crippen LogP) is 3.11. The molecule has 2 aromatic carbocycles. The van der Waals surface area contributed by atoms with Crippen molar-refractivity contribution < 1.29 is 19.4 Å². The van der Waals surface area contributed by atoms with Gasteiger partial charge in [0.15, 0.2) is 5.78 Å². The molecule has 1 amide bonds. The summed E-state index contributed by atoms with van der Waals surface area (Å²) in [6.07, 6.45) is 1.29. The van der Waals surface area contributed by atoms with Crippen LogP contribution < -0.4 is 4.74 Å². The van der Waals surface area contributed by atoms with Crippen LogP contribution in [-0.4, -0.2) is 34.8 Å². The number of ether oxygens (including phenoxy) is 1. The van der Waals surface area contributed by atoms with Crippen molar-refractivity contribution in [2.75, 3.05) is 13.2 Å². The molecule has 1 aliphatic carbocycles. The number of hydrogen-bond acceptors (Lipinski definition) is 4. The van der Waals surface area contributed by atoms with Crippen LogP contribution in [0.15, 0.2) is 54.1 Å². The molecular weight excluding hydrogens is 354 g/mol. The zero-order chi connectivity index (χ0) is 19.5. The van der Waals surface area contributed by atoms with Crippen LogP contribution in [0.3, 0.4) is 0 Å². The van der Waals surface area contributed by atoms with Gasteiger partial charge in [-0.25, -0.2) is 0 Å². The minimum Gasteiger partial charge on any atom is -0.491 e. The number of aliphatic hydroxyl groups excluding tert-OH is 1. The van der Waals surface area contributed by atoms with Gasteiger partial charge in [0.25, 0.3) is 0 Å². The van der Waals surface area contributed by atoms with Crippen LogP contribution in [0.5, 0.6) is 5.75 Å². The normalized spacial score (nSPS) is 16.6. The van der Waals surface area contributed by atoms with Gasteiger partial charge in [-0.15, -0.1) is 0 Å². The summed E-state index contributed by atoms with van der Waals surface area (Å²) in [6.45, 7) is 1.26. The molecule has 0 radical (unpaired) electrons. The Balaban J connectivity index is 1.56. The highest BCUT2D eigenvalue weighted by Crippen LogP contribution is 2.34. The lowest BCUT2D eigenvalue weighted by atomic mass is 9.99. The lowest BCUT2D eigenvalue weighted by Gasteiger charge is -2.20. The Hall–Kier alpha value is -2.92. The summed E-state index contributed by atoms with van der Waals surface area (Å²) < 4.78 is 5.76. The predicted molar refractivity (Wildman–Crippen MR) is 105 cm³/mol. The van der Waals surface area contributed by atoms with Crippen LogP contribution in [0.4, 0.5) is 0 Å². The Labute approximate surface area is 164 Å². The van der Waals surface area contributed by atoms with Crippen LogP contribution in [0.2, 0.25) is 0 Å².